The van der Waals surface area contributed by atoms with Crippen LogP contribution in [0, 0.1) is 0 Å². The molecule has 0 saturated carbocycles. The van der Waals surface area contributed by atoms with Gasteiger partial charge in [-0.3, -0.25) is 4.90 Å². The summed E-state index contributed by atoms with van der Waals surface area (Å²) in [6.45, 7) is 3.01. The molecule has 3 nitrogen and oxygen atoms in total. The van der Waals surface area contributed by atoms with Crippen LogP contribution in [0.15, 0.2) is 12.2 Å². The predicted molar refractivity (Wildman–Crippen MR) is 56.3 cm³/mol. The molecule has 0 radical (unpaired) electrons. The van der Waals surface area contributed by atoms with Crippen molar-refractivity contribution in [1.82, 2.24) is 4.90 Å². The molecule has 0 aromatic heterocycles. The number of rotatable bonds is 3. The fourth-order valence-electron chi connectivity index (χ4n) is 1.80. The van der Waals surface area contributed by atoms with E-state index in [0.717, 1.165) is 19.6 Å². The lowest BCUT2D eigenvalue weighted by Gasteiger charge is -2.22. The van der Waals surface area contributed by atoms with Gasteiger partial charge in [0, 0.05) is 12.6 Å². The van der Waals surface area contributed by atoms with Crippen LogP contribution >= 0.6 is 0 Å². The maximum absolute atomic E-state index is 10.3. The largest absolute Gasteiger partial charge is 0.478 e. The van der Waals surface area contributed by atoms with Gasteiger partial charge in [0.25, 0.3) is 0 Å². The van der Waals surface area contributed by atoms with Gasteiger partial charge in [-0.1, -0.05) is 25.3 Å². The monoisotopic (exact) mass is 197 g/mol. The minimum atomic E-state index is -0.850. The van der Waals surface area contributed by atoms with Crippen LogP contribution in [-0.2, 0) is 4.79 Å². The minimum Gasteiger partial charge on any atom is -0.478 e. The summed E-state index contributed by atoms with van der Waals surface area (Å²) >= 11 is 0. The molecule has 0 aliphatic carbocycles. The Morgan fingerprint density at radius 3 is 2.29 bits per heavy atom. The van der Waals surface area contributed by atoms with Crippen LogP contribution in [0.3, 0.4) is 0 Å². The lowest BCUT2D eigenvalue weighted by molar-refractivity contribution is -0.131. The maximum Gasteiger partial charge on any atom is 0.328 e. The molecule has 14 heavy (non-hydrogen) atoms. The number of carboxylic acids is 1. The Balaban J connectivity index is 2.23. The van der Waals surface area contributed by atoms with Gasteiger partial charge in [-0.05, 0) is 25.9 Å². The summed E-state index contributed by atoms with van der Waals surface area (Å²) in [5.74, 6) is -0.850. The van der Waals surface area contributed by atoms with Gasteiger partial charge in [-0.2, -0.15) is 0 Å². The predicted octanol–water partition coefficient (Wildman–Crippen LogP) is 1.89. The van der Waals surface area contributed by atoms with E-state index in [4.69, 9.17) is 5.11 Å². The van der Waals surface area contributed by atoms with Crippen LogP contribution in [0.5, 0.6) is 0 Å². The standard InChI is InChI=1S/C11H19NO2/c13-11(14)7-6-10-12-8-4-2-1-3-5-9-12/h6-7H,1-5,8-10H2,(H,13,14). The van der Waals surface area contributed by atoms with Gasteiger partial charge in [0.15, 0.2) is 0 Å². The lowest BCUT2D eigenvalue weighted by atomic mass is 10.1. The Bertz CT molecular complexity index is 193. The first kappa shape index (κ1) is 11.2. The lowest BCUT2D eigenvalue weighted by Crippen LogP contribution is -2.27. The van der Waals surface area contributed by atoms with Crippen molar-refractivity contribution in [1.29, 1.82) is 0 Å². The van der Waals surface area contributed by atoms with E-state index in [0.29, 0.717) is 0 Å². The molecule has 0 atom stereocenters. The van der Waals surface area contributed by atoms with E-state index >= 15 is 0 Å². The van der Waals surface area contributed by atoms with E-state index in [2.05, 4.69) is 4.90 Å². The first-order valence-corrected chi connectivity index (χ1v) is 5.41. The molecular weight excluding hydrogens is 178 g/mol. The van der Waals surface area contributed by atoms with Crippen molar-refractivity contribution in [3.63, 3.8) is 0 Å². The third kappa shape index (κ3) is 5.02. The molecule has 1 saturated heterocycles. The van der Waals surface area contributed by atoms with Crippen LogP contribution in [-0.4, -0.2) is 35.6 Å². The summed E-state index contributed by atoms with van der Waals surface area (Å²) in [4.78, 5) is 12.6. The number of nitrogens with zero attached hydrogens (tertiary/aromatic N) is 1. The molecule has 1 aliphatic rings. The molecule has 0 spiro atoms. The van der Waals surface area contributed by atoms with Crippen LogP contribution in [0.4, 0.5) is 0 Å². The maximum atomic E-state index is 10.3. The highest BCUT2D eigenvalue weighted by Crippen LogP contribution is 2.09. The number of hydrogen-bond donors (Lipinski definition) is 1. The average Bonchev–Trinajstić information content (AvgIpc) is 2.07. The Morgan fingerprint density at radius 1 is 1.14 bits per heavy atom. The van der Waals surface area contributed by atoms with Gasteiger partial charge >= 0.3 is 5.97 Å². The second-order valence-electron chi connectivity index (χ2n) is 3.81. The fourth-order valence-corrected chi connectivity index (χ4v) is 1.80. The molecule has 80 valence electrons. The van der Waals surface area contributed by atoms with E-state index in [1.54, 1.807) is 6.08 Å². The minimum absolute atomic E-state index is 0.784. The van der Waals surface area contributed by atoms with Gasteiger partial charge in [-0.25, -0.2) is 4.79 Å². The van der Waals surface area contributed by atoms with Crippen LogP contribution in [0.2, 0.25) is 0 Å². The van der Waals surface area contributed by atoms with E-state index in [9.17, 15) is 4.79 Å². The van der Waals surface area contributed by atoms with Crippen molar-refractivity contribution in [2.75, 3.05) is 19.6 Å². The highest BCUT2D eigenvalue weighted by atomic mass is 16.4. The summed E-state index contributed by atoms with van der Waals surface area (Å²) in [5.41, 5.74) is 0. The Labute approximate surface area is 85.4 Å². The van der Waals surface area contributed by atoms with Crippen molar-refractivity contribution in [2.45, 2.75) is 32.1 Å². The second kappa shape index (κ2) is 6.60. The van der Waals surface area contributed by atoms with Crippen LogP contribution < -0.4 is 0 Å². The highest BCUT2D eigenvalue weighted by Gasteiger charge is 2.05. The van der Waals surface area contributed by atoms with Crippen molar-refractivity contribution in [3.8, 4) is 0 Å². The quantitative estimate of drug-likeness (QED) is 0.702. The average molecular weight is 197 g/mol. The molecule has 0 bridgehead atoms. The first-order valence-electron chi connectivity index (χ1n) is 5.41. The number of hydrogen-bond acceptors (Lipinski definition) is 2. The van der Waals surface area contributed by atoms with Crippen molar-refractivity contribution < 1.29 is 9.90 Å². The molecule has 0 aromatic carbocycles. The fraction of sp³-hybridized carbons (Fsp3) is 0.727. The van der Waals surface area contributed by atoms with E-state index < -0.39 is 5.97 Å². The third-order valence-electron chi connectivity index (χ3n) is 2.57. The molecule has 0 aromatic rings. The summed E-state index contributed by atoms with van der Waals surface area (Å²) in [6.07, 6.45) is 9.47. The highest BCUT2D eigenvalue weighted by molar-refractivity contribution is 5.79. The van der Waals surface area contributed by atoms with Crippen LogP contribution in [0.1, 0.15) is 32.1 Å². The smallest absolute Gasteiger partial charge is 0.328 e. The SMILES string of the molecule is O=C(O)C=CCN1CCCCCCC1. The topological polar surface area (TPSA) is 40.5 Å². The molecule has 1 rings (SSSR count). The molecule has 0 unspecified atom stereocenters. The first-order chi connectivity index (χ1) is 6.79. The van der Waals surface area contributed by atoms with E-state index in [-0.39, 0.29) is 0 Å². The number of carboxylic acid groups (broad SMARTS) is 1. The second-order valence-corrected chi connectivity index (χ2v) is 3.81. The summed E-state index contributed by atoms with van der Waals surface area (Å²) < 4.78 is 0. The van der Waals surface area contributed by atoms with E-state index in [1.165, 1.54) is 38.2 Å². The molecular formula is C11H19NO2. The summed E-state index contributed by atoms with van der Waals surface area (Å²) in [5, 5.41) is 8.44. The molecule has 3 heteroatoms. The molecule has 1 fully saturated rings. The van der Waals surface area contributed by atoms with Gasteiger partial charge < -0.3 is 5.11 Å². The van der Waals surface area contributed by atoms with Gasteiger partial charge in [0.1, 0.15) is 0 Å². The van der Waals surface area contributed by atoms with E-state index in [1.807, 2.05) is 0 Å². The molecule has 1 aliphatic heterocycles. The van der Waals surface area contributed by atoms with Crippen molar-refractivity contribution in [2.24, 2.45) is 0 Å². The number of likely N-dealkylation sites (tertiary alicyclic amines) is 1. The third-order valence-corrected chi connectivity index (χ3v) is 2.57. The van der Waals surface area contributed by atoms with Gasteiger partial charge in [0.05, 0.1) is 0 Å². The Morgan fingerprint density at radius 2 is 1.71 bits per heavy atom. The summed E-state index contributed by atoms with van der Waals surface area (Å²) in [7, 11) is 0. The summed E-state index contributed by atoms with van der Waals surface area (Å²) in [6, 6.07) is 0. The molecule has 1 heterocycles. The number of aliphatic carboxylic acids is 1. The Kier molecular flexibility index (Phi) is 5.30. The Hall–Kier alpha value is -0.830. The number of carbonyl (C=O) groups is 1. The van der Waals surface area contributed by atoms with Gasteiger partial charge in [0.2, 0.25) is 0 Å². The normalized spacial score (nSPS) is 20.6. The van der Waals surface area contributed by atoms with Gasteiger partial charge in [-0.15, -0.1) is 0 Å². The molecule has 1 N–H and O–H groups in total. The zero-order chi connectivity index (χ0) is 10.2. The zero-order valence-electron chi connectivity index (χ0n) is 8.61. The molecule has 0 amide bonds. The van der Waals surface area contributed by atoms with Crippen molar-refractivity contribution >= 4 is 5.97 Å². The van der Waals surface area contributed by atoms with Crippen molar-refractivity contribution in [3.05, 3.63) is 12.2 Å². The zero-order valence-corrected chi connectivity index (χ0v) is 8.61. The van der Waals surface area contributed by atoms with Crippen LogP contribution in [0.25, 0.3) is 0 Å².